The van der Waals surface area contributed by atoms with E-state index in [0.29, 0.717) is 52.7 Å². The molecule has 44 heavy (non-hydrogen) atoms. The molecule has 2 fully saturated rings. The molecule has 7 nitrogen and oxygen atoms in total. The molecule has 3 N–H and O–H groups in total. The largest absolute Gasteiger partial charge is 0.488 e. The average molecular weight is 648 g/mol. The lowest BCUT2D eigenvalue weighted by Gasteiger charge is -2.18. The maximum absolute atomic E-state index is 14.2. The number of nitrogens with zero attached hydrogens (tertiary/aromatic N) is 1. The standard InChI is InChI=1S/C32H29F3N4O3.2ClH/c33-22-5-1-19(2-6-22)27-15-23(16-38-32(27)42-25-10-12-37-18-25)39-31(40)21-4-8-30(41-24-9-11-36-17-24)26(13-21)20-3-7-28(34)29(35)14-20;;/h1-8,13-16,24-25,36-37H,9-12,17-18H2,(H,39,40);2*1H/t24-,25-;;/m0../s1. The van der Waals surface area contributed by atoms with Gasteiger partial charge in [0, 0.05) is 29.8 Å². The molecule has 1 amide bonds. The van der Waals surface area contributed by atoms with Crippen molar-refractivity contribution in [2.24, 2.45) is 0 Å². The van der Waals surface area contributed by atoms with E-state index >= 15 is 0 Å². The first-order valence-electron chi connectivity index (χ1n) is 13.8. The van der Waals surface area contributed by atoms with Crippen LogP contribution in [0.4, 0.5) is 18.9 Å². The van der Waals surface area contributed by atoms with Gasteiger partial charge in [-0.1, -0.05) is 18.2 Å². The number of carbonyl (C=O) groups excluding carboxylic acids is 1. The fraction of sp³-hybridized carbons (Fsp3) is 0.250. The van der Waals surface area contributed by atoms with Crippen LogP contribution in [-0.4, -0.2) is 49.3 Å². The van der Waals surface area contributed by atoms with Gasteiger partial charge in [-0.05, 0) is 85.6 Å². The van der Waals surface area contributed by atoms with Crippen molar-refractivity contribution in [2.45, 2.75) is 25.0 Å². The molecule has 12 heteroatoms. The van der Waals surface area contributed by atoms with Crippen LogP contribution in [-0.2, 0) is 0 Å². The predicted molar refractivity (Wildman–Crippen MR) is 168 cm³/mol. The summed E-state index contributed by atoms with van der Waals surface area (Å²) in [5.41, 5.74) is 2.83. The van der Waals surface area contributed by atoms with Gasteiger partial charge >= 0.3 is 0 Å². The molecule has 0 bridgehead atoms. The van der Waals surface area contributed by atoms with E-state index in [4.69, 9.17) is 9.47 Å². The van der Waals surface area contributed by atoms with Gasteiger partial charge in [-0.15, -0.1) is 24.8 Å². The van der Waals surface area contributed by atoms with Gasteiger partial charge in [0.2, 0.25) is 5.88 Å². The van der Waals surface area contributed by atoms with E-state index in [1.54, 1.807) is 36.4 Å². The highest BCUT2D eigenvalue weighted by molar-refractivity contribution is 6.05. The van der Waals surface area contributed by atoms with Crippen LogP contribution in [0.25, 0.3) is 22.3 Å². The lowest BCUT2D eigenvalue weighted by Crippen LogP contribution is -2.20. The van der Waals surface area contributed by atoms with Crippen LogP contribution in [0.5, 0.6) is 11.6 Å². The minimum atomic E-state index is -0.995. The summed E-state index contributed by atoms with van der Waals surface area (Å²) >= 11 is 0. The Morgan fingerprint density at radius 1 is 0.773 bits per heavy atom. The molecule has 6 rings (SSSR count). The van der Waals surface area contributed by atoms with E-state index in [-0.39, 0.29) is 48.4 Å². The van der Waals surface area contributed by atoms with Crippen LogP contribution >= 0.6 is 24.8 Å². The normalized spacial score (nSPS) is 17.3. The molecule has 2 aliphatic rings. The van der Waals surface area contributed by atoms with E-state index in [0.717, 1.165) is 38.1 Å². The van der Waals surface area contributed by atoms with E-state index < -0.39 is 17.5 Å². The van der Waals surface area contributed by atoms with Gasteiger partial charge in [0.05, 0.1) is 11.9 Å². The summed E-state index contributed by atoms with van der Waals surface area (Å²) in [6, 6.07) is 16.2. The molecule has 2 saturated heterocycles. The Labute approximate surface area is 265 Å². The summed E-state index contributed by atoms with van der Waals surface area (Å²) in [5.74, 6) is -1.91. The number of rotatable bonds is 8. The van der Waals surface area contributed by atoms with Crippen molar-refractivity contribution in [1.82, 2.24) is 15.6 Å². The number of nitrogens with one attached hydrogen (secondary N) is 3. The van der Waals surface area contributed by atoms with E-state index in [1.165, 1.54) is 24.4 Å². The summed E-state index contributed by atoms with van der Waals surface area (Å²) in [5, 5.41) is 9.35. The van der Waals surface area contributed by atoms with Crippen molar-refractivity contribution >= 4 is 36.4 Å². The zero-order chi connectivity index (χ0) is 29.1. The molecule has 232 valence electrons. The summed E-state index contributed by atoms with van der Waals surface area (Å²) < 4.78 is 53.8. The van der Waals surface area contributed by atoms with Crippen molar-refractivity contribution in [3.8, 4) is 33.9 Å². The first-order chi connectivity index (χ1) is 20.4. The summed E-state index contributed by atoms with van der Waals surface area (Å²) in [4.78, 5) is 17.9. The fourth-order valence-electron chi connectivity index (χ4n) is 5.11. The van der Waals surface area contributed by atoms with Gasteiger partial charge in [0.25, 0.3) is 5.91 Å². The number of carbonyl (C=O) groups is 1. The zero-order valence-electron chi connectivity index (χ0n) is 23.4. The maximum atomic E-state index is 14.2. The molecule has 2 aliphatic heterocycles. The van der Waals surface area contributed by atoms with Crippen molar-refractivity contribution < 1.29 is 27.4 Å². The smallest absolute Gasteiger partial charge is 0.255 e. The third-order valence-corrected chi connectivity index (χ3v) is 7.34. The number of benzene rings is 3. The molecule has 3 heterocycles. The molecular formula is C32H31Cl2F3N4O3. The lowest BCUT2D eigenvalue weighted by atomic mass is 10.0. The second kappa shape index (κ2) is 14.8. The van der Waals surface area contributed by atoms with Crippen molar-refractivity contribution in [2.75, 3.05) is 31.5 Å². The number of hydrogen-bond acceptors (Lipinski definition) is 6. The third-order valence-electron chi connectivity index (χ3n) is 7.34. The van der Waals surface area contributed by atoms with Gasteiger partial charge in [-0.2, -0.15) is 0 Å². The number of pyridine rings is 1. The molecule has 0 radical (unpaired) electrons. The monoisotopic (exact) mass is 646 g/mol. The maximum Gasteiger partial charge on any atom is 0.255 e. The first-order valence-corrected chi connectivity index (χ1v) is 13.8. The highest BCUT2D eigenvalue weighted by Crippen LogP contribution is 2.35. The Morgan fingerprint density at radius 3 is 2.11 bits per heavy atom. The Hall–Kier alpha value is -3.83. The van der Waals surface area contributed by atoms with Gasteiger partial charge in [-0.25, -0.2) is 18.2 Å². The van der Waals surface area contributed by atoms with Crippen LogP contribution in [0.15, 0.2) is 72.9 Å². The number of hydrogen-bond donors (Lipinski definition) is 3. The summed E-state index contributed by atoms with van der Waals surface area (Å²) in [6.07, 6.45) is 3.02. The van der Waals surface area contributed by atoms with Crippen LogP contribution in [0.2, 0.25) is 0 Å². The number of aromatic nitrogens is 1. The first kappa shape index (κ1) is 33.1. The molecule has 0 unspecified atom stereocenters. The van der Waals surface area contributed by atoms with Gasteiger partial charge in [0.15, 0.2) is 11.6 Å². The number of halogens is 5. The third kappa shape index (κ3) is 7.62. The van der Waals surface area contributed by atoms with Crippen molar-refractivity contribution in [3.05, 3.63) is 95.9 Å². The lowest BCUT2D eigenvalue weighted by molar-refractivity contribution is 0.102. The molecule has 4 aromatic rings. The minimum Gasteiger partial charge on any atom is -0.488 e. The topological polar surface area (TPSA) is 84.5 Å². The Kier molecular flexibility index (Phi) is 11.1. The Bertz CT molecular complexity index is 1600. The van der Waals surface area contributed by atoms with Gasteiger partial charge in [0.1, 0.15) is 23.8 Å². The van der Waals surface area contributed by atoms with Crippen molar-refractivity contribution in [3.63, 3.8) is 0 Å². The number of ether oxygens (including phenoxy) is 2. The Balaban J connectivity index is 0.00000221. The van der Waals surface area contributed by atoms with Crippen LogP contribution < -0.4 is 25.4 Å². The molecule has 1 aromatic heterocycles. The molecular weight excluding hydrogens is 616 g/mol. The number of amides is 1. The molecule has 0 saturated carbocycles. The minimum absolute atomic E-state index is 0. The van der Waals surface area contributed by atoms with E-state index in [1.807, 2.05) is 0 Å². The quantitative estimate of drug-likeness (QED) is 0.205. The van der Waals surface area contributed by atoms with Gasteiger partial charge < -0.3 is 25.4 Å². The van der Waals surface area contributed by atoms with Gasteiger partial charge in [-0.3, -0.25) is 4.79 Å². The van der Waals surface area contributed by atoms with Crippen LogP contribution in [0.3, 0.4) is 0 Å². The fourth-order valence-corrected chi connectivity index (χ4v) is 5.11. The molecule has 0 aliphatic carbocycles. The second-order valence-electron chi connectivity index (χ2n) is 10.3. The second-order valence-corrected chi connectivity index (χ2v) is 10.3. The molecule has 3 aromatic carbocycles. The van der Waals surface area contributed by atoms with E-state index in [9.17, 15) is 18.0 Å². The number of anilines is 1. The molecule has 2 atom stereocenters. The van der Waals surface area contributed by atoms with E-state index in [2.05, 4.69) is 20.9 Å². The van der Waals surface area contributed by atoms with Crippen LogP contribution in [0, 0.1) is 17.5 Å². The van der Waals surface area contributed by atoms with Crippen molar-refractivity contribution in [1.29, 1.82) is 0 Å². The SMILES string of the molecule is Cl.Cl.O=C(Nc1cnc(O[C@H]2CCNC2)c(-c2ccc(F)cc2)c1)c1ccc(O[C@H]2CCNC2)c(-c2ccc(F)c(F)c2)c1. The predicted octanol–water partition coefficient (Wildman–Crippen LogP) is 6.41. The average Bonchev–Trinajstić information content (AvgIpc) is 3.71. The summed E-state index contributed by atoms with van der Waals surface area (Å²) in [6.45, 7) is 3.03. The van der Waals surface area contributed by atoms with Crippen LogP contribution in [0.1, 0.15) is 23.2 Å². The Morgan fingerprint density at radius 2 is 1.45 bits per heavy atom. The zero-order valence-corrected chi connectivity index (χ0v) is 25.1. The highest BCUT2D eigenvalue weighted by atomic mass is 35.5. The molecule has 0 spiro atoms. The highest BCUT2D eigenvalue weighted by Gasteiger charge is 2.22. The summed E-state index contributed by atoms with van der Waals surface area (Å²) in [7, 11) is 0.